The fraction of sp³-hybridized carbons (Fsp3) is 0.235. The number of carbonyl (C=O) groups is 1. The third-order valence-electron chi connectivity index (χ3n) is 4.11. The van der Waals surface area contributed by atoms with E-state index in [1.807, 2.05) is 13.0 Å². The minimum Gasteiger partial charge on any atom is -0.315 e. The van der Waals surface area contributed by atoms with Crippen LogP contribution in [0.4, 0.5) is 11.4 Å². The van der Waals surface area contributed by atoms with Crippen LogP contribution in [0.1, 0.15) is 16.7 Å². The van der Waals surface area contributed by atoms with Crippen molar-refractivity contribution in [1.29, 1.82) is 0 Å². The van der Waals surface area contributed by atoms with Crippen molar-refractivity contribution in [2.45, 2.75) is 25.2 Å². The third-order valence-corrected chi connectivity index (χ3v) is 5.75. The maximum Gasteiger partial charge on any atom is 0.261 e. The van der Waals surface area contributed by atoms with Gasteiger partial charge in [-0.2, -0.15) is 0 Å². The van der Waals surface area contributed by atoms with E-state index < -0.39 is 10.0 Å². The molecule has 24 heavy (non-hydrogen) atoms. The molecule has 1 N–H and O–H groups in total. The van der Waals surface area contributed by atoms with Gasteiger partial charge in [-0.15, -0.1) is 0 Å². The molecule has 5 nitrogen and oxygen atoms in total. The van der Waals surface area contributed by atoms with Crippen LogP contribution in [-0.2, 0) is 21.2 Å². The number of anilines is 2. The van der Waals surface area contributed by atoms with Crippen LogP contribution >= 0.6 is 11.6 Å². The van der Waals surface area contributed by atoms with E-state index in [2.05, 4.69) is 4.72 Å². The molecule has 0 saturated heterocycles. The van der Waals surface area contributed by atoms with E-state index in [1.54, 1.807) is 26.1 Å². The lowest BCUT2D eigenvalue weighted by atomic mass is 10.1. The van der Waals surface area contributed by atoms with Crippen LogP contribution in [0.5, 0.6) is 0 Å². The number of nitrogens with zero attached hydrogens (tertiary/aromatic N) is 1. The highest BCUT2D eigenvalue weighted by atomic mass is 35.5. The Hall–Kier alpha value is -2.05. The van der Waals surface area contributed by atoms with E-state index in [1.165, 1.54) is 17.0 Å². The fourth-order valence-electron chi connectivity index (χ4n) is 2.85. The minimum atomic E-state index is -3.79. The largest absolute Gasteiger partial charge is 0.315 e. The second-order valence-corrected chi connectivity index (χ2v) is 8.05. The molecule has 0 aliphatic carbocycles. The summed E-state index contributed by atoms with van der Waals surface area (Å²) in [6, 6.07) is 8.26. The highest BCUT2D eigenvalue weighted by molar-refractivity contribution is 7.92. The van der Waals surface area contributed by atoms with Crippen LogP contribution < -0.4 is 9.62 Å². The Morgan fingerprint density at radius 2 is 1.88 bits per heavy atom. The SMILES string of the molecule is Cc1cc(C)c(NS(=O)(=O)c2ccc3c(c2)CC(=O)N3C)c(Cl)c1. The number of likely N-dealkylation sites (N-methyl/N-ethyl adjacent to an activating group) is 1. The normalized spacial score (nSPS) is 14.0. The van der Waals surface area contributed by atoms with Crippen LogP contribution in [0, 0.1) is 13.8 Å². The molecule has 0 fully saturated rings. The van der Waals surface area contributed by atoms with Crippen LogP contribution in [0.3, 0.4) is 0 Å². The summed E-state index contributed by atoms with van der Waals surface area (Å²) in [7, 11) is -2.12. The predicted molar refractivity (Wildman–Crippen MR) is 95.3 cm³/mol. The zero-order chi connectivity index (χ0) is 17.6. The summed E-state index contributed by atoms with van der Waals surface area (Å²) >= 11 is 6.18. The third kappa shape index (κ3) is 2.87. The zero-order valence-electron chi connectivity index (χ0n) is 13.6. The van der Waals surface area contributed by atoms with Crippen molar-refractivity contribution >= 4 is 38.9 Å². The lowest BCUT2D eigenvalue weighted by Crippen LogP contribution is -2.20. The molecule has 0 unspecified atom stereocenters. The molecule has 1 aliphatic heterocycles. The van der Waals surface area contributed by atoms with Gasteiger partial charge in [-0.3, -0.25) is 9.52 Å². The number of aryl methyl sites for hydroxylation is 2. The van der Waals surface area contributed by atoms with Crippen LogP contribution in [0.25, 0.3) is 0 Å². The van der Waals surface area contributed by atoms with Gasteiger partial charge in [0.15, 0.2) is 0 Å². The molecular formula is C17H17ClN2O3S. The molecule has 1 amide bonds. The molecule has 3 rings (SSSR count). The second kappa shape index (κ2) is 5.79. The average molecular weight is 365 g/mol. The van der Waals surface area contributed by atoms with Gasteiger partial charge in [0.2, 0.25) is 5.91 Å². The summed E-state index contributed by atoms with van der Waals surface area (Å²) in [6.45, 7) is 3.69. The molecule has 0 radical (unpaired) electrons. The molecule has 0 aromatic heterocycles. The topological polar surface area (TPSA) is 66.5 Å². The quantitative estimate of drug-likeness (QED) is 0.908. The maximum absolute atomic E-state index is 12.7. The molecule has 2 aromatic carbocycles. The van der Waals surface area contributed by atoms with Crippen LogP contribution in [0.15, 0.2) is 35.2 Å². The van der Waals surface area contributed by atoms with Gasteiger partial charge in [-0.1, -0.05) is 17.7 Å². The first-order valence-corrected chi connectivity index (χ1v) is 9.24. The summed E-state index contributed by atoms with van der Waals surface area (Å²) in [5, 5.41) is 0.354. The Morgan fingerprint density at radius 3 is 2.54 bits per heavy atom. The Balaban J connectivity index is 1.99. The average Bonchev–Trinajstić information content (AvgIpc) is 2.77. The number of carbonyl (C=O) groups excluding carboxylic acids is 1. The first kappa shape index (κ1) is 16.8. The standard InChI is InChI=1S/C17H17ClN2O3S/c1-10-6-11(2)17(14(18)7-10)19-24(22,23)13-4-5-15-12(8-13)9-16(21)20(15)3/h4-8,19H,9H2,1-3H3. The Bertz CT molecular complexity index is 931. The Kier molecular flexibility index (Phi) is 4.05. The molecule has 1 aliphatic rings. The molecule has 0 bridgehead atoms. The number of hydrogen-bond donors (Lipinski definition) is 1. The molecule has 126 valence electrons. The number of halogens is 1. The first-order valence-electron chi connectivity index (χ1n) is 7.38. The zero-order valence-corrected chi connectivity index (χ0v) is 15.1. The van der Waals surface area contributed by atoms with Gasteiger partial charge < -0.3 is 4.90 Å². The van der Waals surface area contributed by atoms with E-state index in [0.717, 1.165) is 16.8 Å². The molecule has 7 heteroatoms. The molecule has 1 heterocycles. The predicted octanol–water partition coefficient (Wildman–Crippen LogP) is 3.28. The van der Waals surface area contributed by atoms with Gasteiger partial charge in [-0.25, -0.2) is 8.42 Å². The van der Waals surface area contributed by atoms with Crippen molar-refractivity contribution in [3.8, 4) is 0 Å². The van der Waals surface area contributed by atoms with Crippen molar-refractivity contribution in [2.75, 3.05) is 16.7 Å². The van der Waals surface area contributed by atoms with E-state index in [0.29, 0.717) is 16.3 Å². The lowest BCUT2D eigenvalue weighted by Gasteiger charge is -2.14. The number of amides is 1. The monoisotopic (exact) mass is 364 g/mol. The Labute approximate surface area is 146 Å². The number of fused-ring (bicyclic) bond motifs is 1. The molecular weight excluding hydrogens is 348 g/mol. The number of nitrogens with one attached hydrogen (secondary N) is 1. The van der Waals surface area contributed by atoms with Crippen molar-refractivity contribution in [1.82, 2.24) is 0 Å². The molecule has 0 spiro atoms. The minimum absolute atomic E-state index is 0.0510. The first-order chi connectivity index (χ1) is 11.2. The van der Waals surface area contributed by atoms with E-state index in [-0.39, 0.29) is 17.2 Å². The van der Waals surface area contributed by atoms with Crippen molar-refractivity contribution in [3.05, 3.63) is 52.0 Å². The van der Waals surface area contributed by atoms with Gasteiger partial charge in [0.25, 0.3) is 10.0 Å². The van der Waals surface area contributed by atoms with Gasteiger partial charge in [0, 0.05) is 12.7 Å². The molecule has 0 saturated carbocycles. The van der Waals surface area contributed by atoms with Crippen molar-refractivity contribution in [2.24, 2.45) is 0 Å². The second-order valence-electron chi connectivity index (χ2n) is 5.96. The summed E-state index contributed by atoms with van der Waals surface area (Å²) in [5.41, 5.74) is 3.52. The number of rotatable bonds is 3. The Morgan fingerprint density at radius 1 is 1.17 bits per heavy atom. The van der Waals surface area contributed by atoms with Gasteiger partial charge in [0.1, 0.15) is 0 Å². The van der Waals surface area contributed by atoms with Crippen LogP contribution in [-0.4, -0.2) is 21.4 Å². The summed E-state index contributed by atoms with van der Waals surface area (Å²) in [6.07, 6.45) is 0.208. The molecule has 0 atom stereocenters. The highest BCUT2D eigenvalue weighted by Crippen LogP contribution is 2.32. The molecule has 2 aromatic rings. The highest BCUT2D eigenvalue weighted by Gasteiger charge is 2.26. The van der Waals surface area contributed by atoms with Gasteiger partial charge in [0.05, 0.1) is 22.0 Å². The van der Waals surface area contributed by atoms with Crippen molar-refractivity contribution in [3.63, 3.8) is 0 Å². The summed E-state index contributed by atoms with van der Waals surface area (Å²) in [4.78, 5) is 13.4. The van der Waals surface area contributed by atoms with E-state index in [4.69, 9.17) is 11.6 Å². The summed E-state index contributed by atoms with van der Waals surface area (Å²) in [5.74, 6) is -0.0510. The number of sulfonamides is 1. The lowest BCUT2D eigenvalue weighted by molar-refractivity contribution is -0.117. The van der Waals surface area contributed by atoms with Gasteiger partial charge in [-0.05, 0) is 54.8 Å². The van der Waals surface area contributed by atoms with E-state index >= 15 is 0 Å². The van der Waals surface area contributed by atoms with Crippen molar-refractivity contribution < 1.29 is 13.2 Å². The summed E-state index contributed by atoms with van der Waals surface area (Å²) < 4.78 is 27.9. The number of benzene rings is 2. The number of hydrogen-bond acceptors (Lipinski definition) is 3. The smallest absolute Gasteiger partial charge is 0.261 e. The van der Waals surface area contributed by atoms with Gasteiger partial charge >= 0.3 is 0 Å². The maximum atomic E-state index is 12.7. The van der Waals surface area contributed by atoms with E-state index in [9.17, 15) is 13.2 Å². The fourth-order valence-corrected chi connectivity index (χ4v) is 4.48. The van der Waals surface area contributed by atoms with Crippen LogP contribution in [0.2, 0.25) is 5.02 Å².